The van der Waals surface area contributed by atoms with Gasteiger partial charge in [-0.3, -0.25) is 0 Å². The molecule has 5 aromatic rings. The SMILES string of the molecule is Cc1cccc2c3ccccc3n(-c3ccc(-c4cc(C(C)(C)C)ccc4C(C)(C)C)cc3)c12. The minimum absolute atomic E-state index is 0.0777. The Balaban J connectivity index is 1.70. The molecule has 0 atom stereocenters. The molecule has 0 amide bonds. The number of aromatic nitrogens is 1. The van der Waals surface area contributed by atoms with Crippen LogP contribution in [0.4, 0.5) is 0 Å². The summed E-state index contributed by atoms with van der Waals surface area (Å²) in [5, 5.41) is 2.62. The fourth-order valence-corrected chi connectivity index (χ4v) is 5.15. The predicted octanol–water partition coefficient (Wildman–Crippen LogP) is 9.35. The predicted molar refractivity (Wildman–Crippen MR) is 148 cm³/mol. The third-order valence-electron chi connectivity index (χ3n) is 7.03. The topological polar surface area (TPSA) is 4.93 Å². The maximum atomic E-state index is 2.42. The molecule has 1 aromatic heterocycles. The molecule has 0 aliphatic heterocycles. The zero-order chi connectivity index (χ0) is 24.3. The highest BCUT2D eigenvalue weighted by Crippen LogP contribution is 2.38. The van der Waals surface area contributed by atoms with Crippen LogP contribution in [0, 0.1) is 6.92 Å². The molecule has 4 aromatic carbocycles. The normalized spacial score (nSPS) is 12.6. The van der Waals surface area contributed by atoms with Gasteiger partial charge in [0.1, 0.15) is 0 Å². The monoisotopic (exact) mass is 445 g/mol. The maximum absolute atomic E-state index is 2.42. The Morgan fingerprint density at radius 3 is 1.97 bits per heavy atom. The molecule has 0 radical (unpaired) electrons. The van der Waals surface area contributed by atoms with E-state index in [1.165, 1.54) is 55.3 Å². The van der Waals surface area contributed by atoms with Gasteiger partial charge in [-0.2, -0.15) is 0 Å². The molecule has 0 aliphatic rings. The average Bonchev–Trinajstić information content (AvgIpc) is 3.13. The van der Waals surface area contributed by atoms with Crippen molar-refractivity contribution in [3.8, 4) is 16.8 Å². The summed E-state index contributed by atoms with van der Waals surface area (Å²) in [7, 11) is 0. The van der Waals surface area contributed by atoms with Gasteiger partial charge in [-0.05, 0) is 63.8 Å². The van der Waals surface area contributed by atoms with Gasteiger partial charge in [-0.1, -0.05) is 108 Å². The molecular weight excluding hydrogens is 410 g/mol. The average molecular weight is 446 g/mol. The van der Waals surface area contributed by atoms with Crippen molar-refractivity contribution in [1.82, 2.24) is 4.57 Å². The van der Waals surface area contributed by atoms with E-state index in [1.54, 1.807) is 0 Å². The zero-order valence-electron chi connectivity index (χ0n) is 21.5. The second-order valence-electron chi connectivity index (χ2n) is 11.6. The Bertz CT molecular complexity index is 1500. The molecule has 0 aliphatic carbocycles. The van der Waals surface area contributed by atoms with Crippen molar-refractivity contribution >= 4 is 21.8 Å². The van der Waals surface area contributed by atoms with E-state index in [9.17, 15) is 0 Å². The summed E-state index contributed by atoms with van der Waals surface area (Å²) in [5.41, 5.74) is 10.6. The lowest BCUT2D eigenvalue weighted by Crippen LogP contribution is -2.16. The van der Waals surface area contributed by atoms with Gasteiger partial charge in [-0.25, -0.2) is 0 Å². The second-order valence-corrected chi connectivity index (χ2v) is 11.6. The largest absolute Gasteiger partial charge is 0.309 e. The number of nitrogens with zero attached hydrogens (tertiary/aromatic N) is 1. The van der Waals surface area contributed by atoms with Crippen LogP contribution in [-0.4, -0.2) is 4.57 Å². The number of fused-ring (bicyclic) bond motifs is 3. The molecule has 0 unspecified atom stereocenters. The summed E-state index contributed by atoms with van der Waals surface area (Å²) in [5.74, 6) is 0. The van der Waals surface area contributed by atoms with Crippen LogP contribution in [0.1, 0.15) is 58.2 Å². The van der Waals surface area contributed by atoms with Crippen molar-refractivity contribution in [3.63, 3.8) is 0 Å². The molecule has 34 heavy (non-hydrogen) atoms. The lowest BCUT2D eigenvalue weighted by molar-refractivity contribution is 0.578. The highest BCUT2D eigenvalue weighted by molar-refractivity contribution is 6.10. The Hall–Kier alpha value is -3.32. The number of aryl methyl sites for hydroxylation is 1. The van der Waals surface area contributed by atoms with E-state index in [1.807, 2.05) is 0 Å². The van der Waals surface area contributed by atoms with Crippen molar-refractivity contribution in [2.75, 3.05) is 0 Å². The maximum Gasteiger partial charge on any atom is 0.0570 e. The summed E-state index contributed by atoms with van der Waals surface area (Å²) in [6.45, 7) is 16.0. The first-order valence-electron chi connectivity index (χ1n) is 12.3. The Morgan fingerprint density at radius 2 is 1.29 bits per heavy atom. The van der Waals surface area contributed by atoms with Gasteiger partial charge in [0, 0.05) is 16.5 Å². The Kier molecular flexibility index (Phi) is 5.20. The van der Waals surface area contributed by atoms with Gasteiger partial charge in [0.05, 0.1) is 11.0 Å². The van der Waals surface area contributed by atoms with Crippen LogP contribution in [0.15, 0.2) is 84.9 Å². The smallest absolute Gasteiger partial charge is 0.0570 e. The summed E-state index contributed by atoms with van der Waals surface area (Å²) in [6, 6.07) is 31.5. The number of benzene rings is 4. The third kappa shape index (κ3) is 3.74. The van der Waals surface area contributed by atoms with Crippen molar-refractivity contribution < 1.29 is 0 Å². The first kappa shape index (κ1) is 22.5. The summed E-state index contributed by atoms with van der Waals surface area (Å²) < 4.78 is 2.42. The number of hydrogen-bond donors (Lipinski definition) is 0. The van der Waals surface area contributed by atoms with Gasteiger partial charge in [0.2, 0.25) is 0 Å². The molecule has 1 nitrogen and oxygen atoms in total. The van der Waals surface area contributed by atoms with Crippen LogP contribution in [-0.2, 0) is 10.8 Å². The lowest BCUT2D eigenvalue weighted by atomic mass is 9.78. The molecular formula is C33H35N. The minimum atomic E-state index is 0.0777. The summed E-state index contributed by atoms with van der Waals surface area (Å²) >= 11 is 0. The molecule has 5 rings (SSSR count). The fraction of sp³-hybridized carbons (Fsp3) is 0.273. The fourth-order valence-electron chi connectivity index (χ4n) is 5.15. The highest BCUT2D eigenvalue weighted by atomic mass is 15.0. The van der Waals surface area contributed by atoms with E-state index in [0.717, 1.165) is 0 Å². The van der Waals surface area contributed by atoms with E-state index in [0.29, 0.717) is 0 Å². The van der Waals surface area contributed by atoms with E-state index in [2.05, 4.69) is 138 Å². The van der Waals surface area contributed by atoms with Gasteiger partial charge in [0.25, 0.3) is 0 Å². The molecule has 0 bridgehead atoms. The quantitative estimate of drug-likeness (QED) is 0.255. The number of para-hydroxylation sites is 2. The van der Waals surface area contributed by atoms with Gasteiger partial charge in [0.15, 0.2) is 0 Å². The van der Waals surface area contributed by atoms with Gasteiger partial charge < -0.3 is 4.57 Å². The summed E-state index contributed by atoms with van der Waals surface area (Å²) in [6.07, 6.45) is 0. The van der Waals surface area contributed by atoms with Crippen molar-refractivity contribution in [2.45, 2.75) is 59.3 Å². The molecule has 0 saturated carbocycles. The molecule has 0 fully saturated rings. The lowest BCUT2D eigenvalue weighted by Gasteiger charge is -2.27. The summed E-state index contributed by atoms with van der Waals surface area (Å²) in [4.78, 5) is 0. The van der Waals surface area contributed by atoms with Crippen molar-refractivity contribution in [2.24, 2.45) is 0 Å². The minimum Gasteiger partial charge on any atom is -0.309 e. The Morgan fingerprint density at radius 1 is 0.618 bits per heavy atom. The van der Waals surface area contributed by atoms with Crippen LogP contribution < -0.4 is 0 Å². The third-order valence-corrected chi connectivity index (χ3v) is 7.03. The van der Waals surface area contributed by atoms with Crippen LogP contribution in [0.25, 0.3) is 38.6 Å². The van der Waals surface area contributed by atoms with E-state index < -0.39 is 0 Å². The molecule has 1 heteroatoms. The Labute approximate surface area is 204 Å². The van der Waals surface area contributed by atoms with Crippen molar-refractivity contribution in [3.05, 3.63) is 102 Å². The van der Waals surface area contributed by atoms with E-state index >= 15 is 0 Å². The van der Waals surface area contributed by atoms with Crippen LogP contribution in [0.3, 0.4) is 0 Å². The van der Waals surface area contributed by atoms with Crippen molar-refractivity contribution in [1.29, 1.82) is 0 Å². The van der Waals surface area contributed by atoms with E-state index in [4.69, 9.17) is 0 Å². The number of rotatable bonds is 2. The highest BCUT2D eigenvalue weighted by Gasteiger charge is 2.22. The van der Waals surface area contributed by atoms with Crippen LogP contribution in [0.2, 0.25) is 0 Å². The standard InChI is InChI=1S/C33H35N/c1-22-11-10-13-27-26-12-8-9-14-30(26)34(31(22)27)25-18-15-23(16-19-25)28-21-24(32(2,3)4)17-20-29(28)33(5,6)7/h8-21H,1-7H3. The molecule has 1 heterocycles. The first-order valence-corrected chi connectivity index (χ1v) is 12.3. The van der Waals surface area contributed by atoms with Gasteiger partial charge in [-0.15, -0.1) is 0 Å². The zero-order valence-corrected chi connectivity index (χ0v) is 21.5. The van der Waals surface area contributed by atoms with Gasteiger partial charge >= 0.3 is 0 Å². The van der Waals surface area contributed by atoms with E-state index in [-0.39, 0.29) is 10.8 Å². The molecule has 172 valence electrons. The first-order chi connectivity index (χ1) is 16.1. The van der Waals surface area contributed by atoms with Crippen LogP contribution in [0.5, 0.6) is 0 Å². The molecule has 0 saturated heterocycles. The molecule has 0 N–H and O–H groups in total. The molecule has 0 spiro atoms. The van der Waals surface area contributed by atoms with Crippen LogP contribution >= 0.6 is 0 Å². The second kappa shape index (κ2) is 7.87. The number of hydrogen-bond acceptors (Lipinski definition) is 0.